The number of benzene rings is 2. The molecule has 2 amide bonds. The zero-order valence-electron chi connectivity index (χ0n) is 24.9. The average Bonchev–Trinajstić information content (AvgIpc) is 3.69. The molecule has 0 radical (unpaired) electrons. The van der Waals surface area contributed by atoms with Crippen molar-refractivity contribution in [3.63, 3.8) is 0 Å². The Morgan fingerprint density at radius 1 is 1.20 bits per heavy atom. The summed E-state index contributed by atoms with van der Waals surface area (Å²) in [6.45, 7) is 3.75. The summed E-state index contributed by atoms with van der Waals surface area (Å²) in [5.41, 5.74) is 1.93. The molecular formula is C31H30ClFN6O6S. The van der Waals surface area contributed by atoms with Crippen LogP contribution in [0, 0.1) is 5.82 Å². The fourth-order valence-corrected chi connectivity index (χ4v) is 6.64. The summed E-state index contributed by atoms with van der Waals surface area (Å²) in [5.74, 6) is -1.33. The molecule has 2 aromatic carbocycles. The van der Waals surface area contributed by atoms with Gasteiger partial charge in [0.1, 0.15) is 17.6 Å². The minimum Gasteiger partial charge on any atom is -0.479 e. The number of carbonyl (C=O) groups excluding carboxylic acids is 2. The Labute approximate surface area is 272 Å². The Hall–Kier alpha value is -4.53. The number of aliphatic imine (C=N–C) groups is 1. The third-order valence-electron chi connectivity index (χ3n) is 8.05. The Bertz CT molecular complexity index is 1720. The fourth-order valence-electron chi connectivity index (χ4n) is 5.78. The molecule has 3 unspecified atom stereocenters. The maximum atomic E-state index is 14.0. The van der Waals surface area contributed by atoms with Crippen LogP contribution in [0.25, 0.3) is 0 Å². The Morgan fingerprint density at radius 3 is 2.65 bits per heavy atom. The van der Waals surface area contributed by atoms with E-state index in [0.717, 1.165) is 0 Å². The number of fused-ring (bicyclic) bond motifs is 1. The van der Waals surface area contributed by atoms with E-state index >= 15 is 0 Å². The zero-order valence-corrected chi connectivity index (χ0v) is 26.4. The van der Waals surface area contributed by atoms with Gasteiger partial charge in [0, 0.05) is 66.3 Å². The van der Waals surface area contributed by atoms with Gasteiger partial charge in [-0.2, -0.15) is 0 Å². The first-order valence-electron chi connectivity index (χ1n) is 14.4. The maximum absolute atomic E-state index is 14.0. The Balaban J connectivity index is 1.24. The number of carbonyl (C=O) groups is 3. The summed E-state index contributed by atoms with van der Waals surface area (Å²) < 4.78 is 24.6. The van der Waals surface area contributed by atoms with Crippen LogP contribution in [0.5, 0.6) is 5.75 Å². The zero-order chi connectivity index (χ0) is 32.5. The smallest absolute Gasteiger partial charge is 0.344 e. The molecule has 1 aromatic heterocycles. The van der Waals surface area contributed by atoms with E-state index in [1.807, 2.05) is 10.3 Å². The molecular weight excluding hydrogens is 639 g/mol. The second kappa shape index (κ2) is 13.1. The first-order valence-corrected chi connectivity index (χ1v) is 15.7. The van der Waals surface area contributed by atoms with Crippen molar-refractivity contribution in [2.75, 3.05) is 44.7 Å². The first kappa shape index (κ1) is 31.5. The van der Waals surface area contributed by atoms with Gasteiger partial charge in [-0.1, -0.05) is 17.7 Å². The van der Waals surface area contributed by atoms with Crippen molar-refractivity contribution in [2.24, 2.45) is 4.99 Å². The molecule has 0 spiro atoms. The van der Waals surface area contributed by atoms with Crippen molar-refractivity contribution >= 4 is 52.4 Å². The highest BCUT2D eigenvalue weighted by Gasteiger charge is 2.42. The number of halogens is 2. The number of esters is 1. The number of carboxylic acid groups (broad SMARTS) is 1. The van der Waals surface area contributed by atoms with Gasteiger partial charge in [-0.15, -0.1) is 11.3 Å². The number of nitrogens with zero attached hydrogens (tertiary/aromatic N) is 5. The molecule has 3 atom stereocenters. The molecule has 240 valence electrons. The number of ether oxygens (including phenoxy) is 2. The number of aliphatic carboxylic acids is 1. The van der Waals surface area contributed by atoms with Gasteiger partial charge in [-0.25, -0.2) is 23.8 Å². The van der Waals surface area contributed by atoms with Crippen LogP contribution in [-0.2, 0) is 14.3 Å². The van der Waals surface area contributed by atoms with Crippen LogP contribution in [-0.4, -0.2) is 95.7 Å². The summed E-state index contributed by atoms with van der Waals surface area (Å²) in [4.78, 5) is 52.6. The van der Waals surface area contributed by atoms with Crippen LogP contribution >= 0.6 is 22.9 Å². The lowest BCUT2D eigenvalue weighted by molar-refractivity contribution is -0.144. The van der Waals surface area contributed by atoms with Gasteiger partial charge in [-0.3, -0.25) is 14.8 Å². The predicted octanol–water partition coefficient (Wildman–Crippen LogP) is 3.93. The number of aromatic nitrogens is 1. The number of methoxy groups -OCH3 is 1. The van der Waals surface area contributed by atoms with E-state index in [1.54, 1.807) is 35.4 Å². The Morgan fingerprint density at radius 2 is 1.98 bits per heavy atom. The molecule has 3 aliphatic rings. The van der Waals surface area contributed by atoms with E-state index in [9.17, 15) is 18.8 Å². The summed E-state index contributed by atoms with van der Waals surface area (Å²) >= 11 is 7.85. The SMILES string of the molecule is COC(=O)C1=C(CN2CCN3C(=O)N(c4ccc(OC(C)C(=O)O)cc4)CC3C2)NC(c2nccs2)=NC1c1ccc(F)cc1Cl. The molecule has 3 aromatic rings. The van der Waals surface area contributed by atoms with E-state index in [2.05, 4.69) is 15.2 Å². The summed E-state index contributed by atoms with van der Waals surface area (Å²) in [6.07, 6.45) is 0.655. The fraction of sp³-hybridized carbons (Fsp3) is 0.323. The third kappa shape index (κ3) is 6.28. The highest BCUT2D eigenvalue weighted by Crippen LogP contribution is 2.37. The molecule has 6 rings (SSSR count). The summed E-state index contributed by atoms with van der Waals surface area (Å²) in [7, 11) is 1.29. The van der Waals surface area contributed by atoms with Crippen LogP contribution in [0.3, 0.4) is 0 Å². The van der Waals surface area contributed by atoms with Gasteiger partial charge < -0.3 is 24.8 Å². The molecule has 2 saturated heterocycles. The van der Waals surface area contributed by atoms with Gasteiger partial charge in [-0.05, 0) is 43.3 Å². The molecule has 15 heteroatoms. The number of amidine groups is 1. The maximum Gasteiger partial charge on any atom is 0.344 e. The molecule has 46 heavy (non-hydrogen) atoms. The number of carboxylic acids is 1. The first-order chi connectivity index (χ1) is 22.1. The van der Waals surface area contributed by atoms with Crippen molar-refractivity contribution in [1.29, 1.82) is 0 Å². The molecule has 4 heterocycles. The monoisotopic (exact) mass is 668 g/mol. The lowest BCUT2D eigenvalue weighted by Gasteiger charge is -2.38. The van der Waals surface area contributed by atoms with Crippen LogP contribution in [0.4, 0.5) is 14.9 Å². The van der Waals surface area contributed by atoms with Gasteiger partial charge in [0.2, 0.25) is 0 Å². The molecule has 3 aliphatic heterocycles. The van der Waals surface area contributed by atoms with Crippen LogP contribution in [0.2, 0.25) is 5.02 Å². The van der Waals surface area contributed by atoms with E-state index in [0.29, 0.717) is 66.3 Å². The summed E-state index contributed by atoms with van der Waals surface area (Å²) in [5, 5.41) is 15.0. The van der Waals surface area contributed by atoms with Crippen molar-refractivity contribution < 1.29 is 33.4 Å². The molecule has 12 nitrogen and oxygen atoms in total. The number of piperazine rings is 1. The molecule has 2 N–H and O–H groups in total. The lowest BCUT2D eigenvalue weighted by atomic mass is 9.95. The quantitative estimate of drug-likeness (QED) is 0.325. The van der Waals surface area contributed by atoms with Gasteiger partial charge in [0.15, 0.2) is 16.9 Å². The number of nitrogens with one attached hydrogen (secondary N) is 1. The Kier molecular flexibility index (Phi) is 8.93. The molecule has 0 saturated carbocycles. The number of urea groups is 1. The molecule has 0 aliphatic carbocycles. The third-order valence-corrected chi connectivity index (χ3v) is 9.16. The van der Waals surface area contributed by atoms with Gasteiger partial charge in [0.05, 0.1) is 18.7 Å². The molecule has 2 fully saturated rings. The topological polar surface area (TPSA) is 137 Å². The van der Waals surface area contributed by atoms with Gasteiger partial charge in [0.25, 0.3) is 0 Å². The van der Waals surface area contributed by atoms with Crippen LogP contribution in [0.15, 0.2) is 70.3 Å². The van der Waals surface area contributed by atoms with Crippen molar-refractivity contribution in [2.45, 2.75) is 25.1 Å². The summed E-state index contributed by atoms with van der Waals surface area (Å²) in [6, 6.07) is 9.62. The minimum atomic E-state index is -1.07. The van der Waals surface area contributed by atoms with Gasteiger partial charge >= 0.3 is 18.0 Å². The molecule has 0 bridgehead atoms. The number of hydrogen-bond donors (Lipinski definition) is 2. The standard InChI is InChI=1S/C31H30ClFN6O6S/c1-17(29(40)41)45-21-6-4-19(5-7-21)39-15-20-14-37(10-11-38(20)31(39)43)16-24-25(30(42)44-2)26(22-8-3-18(33)13-23(22)32)36-27(35-24)28-34-9-12-46-28/h3-9,12-13,17,20,26H,10-11,14-16H2,1-2H3,(H,35,36)(H,40,41). The van der Waals surface area contributed by atoms with Crippen LogP contribution in [0.1, 0.15) is 23.5 Å². The number of hydrogen-bond acceptors (Lipinski definition) is 10. The van der Waals surface area contributed by atoms with E-state index in [4.69, 9.17) is 31.2 Å². The second-order valence-electron chi connectivity index (χ2n) is 11.0. The van der Waals surface area contributed by atoms with Crippen LogP contribution < -0.4 is 15.0 Å². The highest BCUT2D eigenvalue weighted by atomic mass is 35.5. The lowest BCUT2D eigenvalue weighted by Crippen LogP contribution is -2.53. The average molecular weight is 669 g/mol. The van der Waals surface area contributed by atoms with E-state index in [-0.39, 0.29) is 22.7 Å². The van der Waals surface area contributed by atoms with Crippen molar-refractivity contribution in [1.82, 2.24) is 20.1 Å². The van der Waals surface area contributed by atoms with E-state index < -0.39 is 29.9 Å². The van der Waals surface area contributed by atoms with E-state index in [1.165, 1.54) is 43.6 Å². The van der Waals surface area contributed by atoms with Crippen molar-refractivity contribution in [3.8, 4) is 5.75 Å². The minimum absolute atomic E-state index is 0.119. The highest BCUT2D eigenvalue weighted by molar-refractivity contribution is 7.11. The van der Waals surface area contributed by atoms with Crippen molar-refractivity contribution in [3.05, 3.63) is 86.7 Å². The number of rotatable bonds is 9. The second-order valence-corrected chi connectivity index (χ2v) is 12.3. The predicted molar refractivity (Wildman–Crippen MR) is 169 cm³/mol. The number of anilines is 1. The number of amides is 2. The largest absolute Gasteiger partial charge is 0.479 e. The normalized spacial score (nSPS) is 20.6. The number of thiazole rings is 1.